The third kappa shape index (κ3) is 1.42. The van der Waals surface area contributed by atoms with Gasteiger partial charge in [-0.05, 0) is 40.9 Å². The van der Waals surface area contributed by atoms with Crippen LogP contribution in [0.4, 0.5) is 4.39 Å². The minimum atomic E-state index is -1.25. The molecule has 1 saturated carbocycles. The topological polar surface area (TPSA) is 57.5 Å². The molecule has 1 fully saturated rings. The molecule has 16 heavy (non-hydrogen) atoms. The van der Waals surface area contributed by atoms with Crippen molar-refractivity contribution >= 4 is 21.9 Å². The van der Waals surface area contributed by atoms with E-state index < -0.39 is 17.2 Å². The van der Waals surface area contributed by atoms with Crippen LogP contribution >= 0.6 is 15.9 Å². The number of hydrogen-bond acceptors (Lipinski definition) is 2. The number of phenolic OH excluding ortho intramolecular Hbond substituents is 1. The van der Waals surface area contributed by atoms with Crippen molar-refractivity contribution in [3.8, 4) is 5.75 Å². The number of aliphatic carboxylic acids is 1. The first kappa shape index (κ1) is 11.4. The van der Waals surface area contributed by atoms with Crippen molar-refractivity contribution in [2.24, 2.45) is 0 Å². The van der Waals surface area contributed by atoms with E-state index in [4.69, 9.17) is 0 Å². The molecule has 0 aromatic heterocycles. The standard InChI is InChI=1S/C11H10BrFO3/c12-6-2-3-7(13)8(9(6)14)11(10(15)16)4-1-5-11/h2-3,14H,1,4-5H2,(H,15,16). The lowest BCUT2D eigenvalue weighted by atomic mass is 9.64. The Labute approximate surface area is 100 Å². The van der Waals surface area contributed by atoms with Gasteiger partial charge in [-0.15, -0.1) is 0 Å². The lowest BCUT2D eigenvalue weighted by Crippen LogP contribution is -2.43. The van der Waals surface area contributed by atoms with Gasteiger partial charge < -0.3 is 10.2 Å². The van der Waals surface area contributed by atoms with E-state index >= 15 is 0 Å². The Balaban J connectivity index is 2.63. The molecule has 1 aromatic rings. The van der Waals surface area contributed by atoms with E-state index in [0.29, 0.717) is 17.3 Å². The van der Waals surface area contributed by atoms with Gasteiger partial charge in [-0.25, -0.2) is 4.39 Å². The number of carboxylic acid groups (broad SMARTS) is 1. The van der Waals surface area contributed by atoms with E-state index in [2.05, 4.69) is 15.9 Å². The smallest absolute Gasteiger partial charge is 0.314 e. The predicted octanol–water partition coefficient (Wildman–Crippen LogP) is 2.80. The van der Waals surface area contributed by atoms with Gasteiger partial charge in [0.15, 0.2) is 0 Å². The maximum atomic E-state index is 13.7. The molecule has 2 N–H and O–H groups in total. The van der Waals surface area contributed by atoms with Crippen LogP contribution in [-0.2, 0) is 10.2 Å². The van der Waals surface area contributed by atoms with Crippen LogP contribution in [0.5, 0.6) is 5.75 Å². The van der Waals surface area contributed by atoms with Gasteiger partial charge in [-0.1, -0.05) is 6.42 Å². The SMILES string of the molecule is O=C(O)C1(c2c(F)ccc(Br)c2O)CCC1. The van der Waals surface area contributed by atoms with Crippen molar-refractivity contribution in [1.29, 1.82) is 0 Å². The maximum absolute atomic E-state index is 13.7. The number of aromatic hydroxyl groups is 1. The molecule has 3 nitrogen and oxygen atoms in total. The summed E-state index contributed by atoms with van der Waals surface area (Å²) in [6.07, 6.45) is 1.46. The van der Waals surface area contributed by atoms with Crippen LogP contribution in [0.15, 0.2) is 16.6 Å². The summed E-state index contributed by atoms with van der Waals surface area (Å²) < 4.78 is 14.0. The average Bonchev–Trinajstić information content (AvgIpc) is 2.15. The number of carboxylic acids is 1. The number of rotatable bonds is 2. The third-order valence-corrected chi connectivity index (χ3v) is 3.81. The van der Waals surface area contributed by atoms with E-state index in [1.807, 2.05) is 0 Å². The van der Waals surface area contributed by atoms with Gasteiger partial charge in [-0.2, -0.15) is 0 Å². The molecule has 0 unspecified atom stereocenters. The Bertz CT molecular complexity index is 455. The predicted molar refractivity (Wildman–Crippen MR) is 58.9 cm³/mol. The van der Waals surface area contributed by atoms with Gasteiger partial charge in [0, 0.05) is 5.56 Å². The zero-order valence-corrected chi connectivity index (χ0v) is 9.92. The number of benzene rings is 1. The molecule has 5 heteroatoms. The fraction of sp³-hybridized carbons (Fsp3) is 0.364. The summed E-state index contributed by atoms with van der Waals surface area (Å²) in [7, 11) is 0. The van der Waals surface area contributed by atoms with Gasteiger partial charge in [0.05, 0.1) is 9.89 Å². The Morgan fingerprint density at radius 2 is 2.06 bits per heavy atom. The summed E-state index contributed by atoms with van der Waals surface area (Å²) in [5, 5.41) is 19.0. The lowest BCUT2D eigenvalue weighted by Gasteiger charge is -2.38. The molecule has 0 amide bonds. The molecule has 86 valence electrons. The second-order valence-electron chi connectivity index (χ2n) is 3.99. The first-order chi connectivity index (χ1) is 7.49. The molecular formula is C11H10BrFO3. The Kier molecular flexibility index (Phi) is 2.66. The number of phenols is 1. The highest BCUT2D eigenvalue weighted by atomic mass is 79.9. The highest BCUT2D eigenvalue weighted by molar-refractivity contribution is 9.10. The Morgan fingerprint density at radius 1 is 1.44 bits per heavy atom. The fourth-order valence-corrected chi connectivity index (χ4v) is 2.43. The fourth-order valence-electron chi connectivity index (χ4n) is 2.10. The summed E-state index contributed by atoms with van der Waals surface area (Å²) in [4.78, 5) is 11.2. The van der Waals surface area contributed by atoms with Gasteiger partial charge in [0.2, 0.25) is 0 Å². The third-order valence-electron chi connectivity index (χ3n) is 3.17. The summed E-state index contributed by atoms with van der Waals surface area (Å²) in [5.74, 6) is -2.05. The summed E-state index contributed by atoms with van der Waals surface area (Å²) in [5.41, 5.74) is -1.35. The number of halogens is 2. The van der Waals surface area contributed by atoms with Crippen LogP contribution in [0.25, 0.3) is 0 Å². The first-order valence-electron chi connectivity index (χ1n) is 4.90. The van der Waals surface area contributed by atoms with Crippen molar-refractivity contribution in [3.05, 3.63) is 28.0 Å². The van der Waals surface area contributed by atoms with Crippen molar-refractivity contribution in [1.82, 2.24) is 0 Å². The second kappa shape index (κ2) is 3.73. The van der Waals surface area contributed by atoms with Crippen LogP contribution in [-0.4, -0.2) is 16.2 Å². The molecule has 1 aliphatic rings. The van der Waals surface area contributed by atoms with E-state index in [9.17, 15) is 19.4 Å². The van der Waals surface area contributed by atoms with Crippen LogP contribution in [0.2, 0.25) is 0 Å². The normalized spacial score (nSPS) is 17.9. The highest BCUT2D eigenvalue weighted by Crippen LogP contribution is 2.49. The van der Waals surface area contributed by atoms with Crippen molar-refractivity contribution in [3.63, 3.8) is 0 Å². The van der Waals surface area contributed by atoms with Gasteiger partial charge >= 0.3 is 5.97 Å². The highest BCUT2D eigenvalue weighted by Gasteiger charge is 2.49. The largest absolute Gasteiger partial charge is 0.506 e. The minimum Gasteiger partial charge on any atom is -0.506 e. The van der Waals surface area contributed by atoms with Crippen LogP contribution in [0, 0.1) is 5.82 Å². The summed E-state index contributed by atoms with van der Waals surface area (Å²) in [6.45, 7) is 0. The number of carbonyl (C=O) groups is 1. The van der Waals surface area contributed by atoms with E-state index in [1.165, 1.54) is 12.1 Å². The molecule has 2 rings (SSSR count). The second-order valence-corrected chi connectivity index (χ2v) is 4.85. The van der Waals surface area contributed by atoms with Crippen LogP contribution in [0.3, 0.4) is 0 Å². The molecule has 0 spiro atoms. The lowest BCUT2D eigenvalue weighted by molar-refractivity contribution is -0.147. The molecule has 1 aliphatic carbocycles. The zero-order chi connectivity index (χ0) is 11.9. The van der Waals surface area contributed by atoms with Gasteiger partial charge in [0.25, 0.3) is 0 Å². The monoisotopic (exact) mass is 288 g/mol. The molecule has 0 aliphatic heterocycles. The quantitative estimate of drug-likeness (QED) is 0.880. The molecular weight excluding hydrogens is 279 g/mol. The van der Waals surface area contributed by atoms with Crippen molar-refractivity contribution in [2.45, 2.75) is 24.7 Å². The summed E-state index contributed by atoms with van der Waals surface area (Å²) >= 11 is 3.07. The molecule has 0 atom stereocenters. The van der Waals surface area contributed by atoms with Crippen molar-refractivity contribution < 1.29 is 19.4 Å². The first-order valence-corrected chi connectivity index (χ1v) is 5.69. The Morgan fingerprint density at radius 3 is 2.50 bits per heavy atom. The van der Waals surface area contributed by atoms with Crippen molar-refractivity contribution in [2.75, 3.05) is 0 Å². The average molecular weight is 289 g/mol. The zero-order valence-electron chi connectivity index (χ0n) is 8.33. The van der Waals surface area contributed by atoms with Crippen LogP contribution < -0.4 is 0 Å². The van der Waals surface area contributed by atoms with E-state index in [0.717, 1.165) is 6.42 Å². The molecule has 0 radical (unpaired) electrons. The minimum absolute atomic E-state index is 0.0966. The molecule has 0 heterocycles. The van der Waals surface area contributed by atoms with E-state index in [1.54, 1.807) is 0 Å². The maximum Gasteiger partial charge on any atom is 0.314 e. The number of hydrogen-bond donors (Lipinski definition) is 2. The molecule has 1 aromatic carbocycles. The van der Waals surface area contributed by atoms with E-state index in [-0.39, 0.29) is 11.3 Å². The summed E-state index contributed by atoms with van der Waals surface area (Å²) in [6, 6.07) is 2.53. The van der Waals surface area contributed by atoms with Gasteiger partial charge in [-0.3, -0.25) is 4.79 Å². The Hall–Kier alpha value is -1.10. The molecule has 0 saturated heterocycles. The van der Waals surface area contributed by atoms with Gasteiger partial charge in [0.1, 0.15) is 11.6 Å². The van der Waals surface area contributed by atoms with Crippen LogP contribution in [0.1, 0.15) is 24.8 Å². The molecule has 0 bridgehead atoms.